The maximum atomic E-state index is 14.1. The first-order valence-corrected chi connectivity index (χ1v) is 9.64. The molecule has 0 unspecified atom stereocenters. The molecule has 0 saturated carbocycles. The average Bonchev–Trinajstić information content (AvgIpc) is 3.12. The Morgan fingerprint density at radius 2 is 1.93 bits per heavy atom. The number of benzene rings is 2. The van der Waals surface area contributed by atoms with Gasteiger partial charge in [0.1, 0.15) is 11.3 Å². The van der Waals surface area contributed by atoms with Crippen LogP contribution in [0.25, 0.3) is 10.2 Å². The third kappa shape index (κ3) is 4.07. The predicted molar refractivity (Wildman–Crippen MR) is 108 cm³/mol. The maximum absolute atomic E-state index is 14.1. The lowest BCUT2D eigenvalue weighted by atomic mass is 10.1. The van der Waals surface area contributed by atoms with Gasteiger partial charge in [-0.1, -0.05) is 17.4 Å². The smallest absolute Gasteiger partial charge is 0.260 e. The molecule has 0 fully saturated rings. The fourth-order valence-corrected chi connectivity index (χ4v) is 3.77. The molecule has 0 spiro atoms. The topological polar surface area (TPSA) is 56.1 Å². The Kier molecular flexibility index (Phi) is 6.11. The number of thiazole rings is 1. The molecule has 28 heavy (non-hydrogen) atoms. The van der Waals surface area contributed by atoms with E-state index in [-0.39, 0.29) is 11.4 Å². The van der Waals surface area contributed by atoms with Gasteiger partial charge in [-0.2, -0.15) is 0 Å². The number of halogens is 1. The van der Waals surface area contributed by atoms with Gasteiger partial charge in [-0.3, -0.25) is 9.69 Å². The van der Waals surface area contributed by atoms with E-state index in [1.807, 2.05) is 14.1 Å². The van der Waals surface area contributed by atoms with E-state index in [2.05, 4.69) is 4.98 Å². The van der Waals surface area contributed by atoms with Crippen LogP contribution in [0.5, 0.6) is 11.5 Å². The Balaban J connectivity index is 2.01. The summed E-state index contributed by atoms with van der Waals surface area (Å²) in [6, 6.07) is 9.84. The second kappa shape index (κ2) is 8.53. The molecule has 8 heteroatoms. The molecule has 2 aromatic carbocycles. The zero-order valence-electron chi connectivity index (χ0n) is 16.3. The summed E-state index contributed by atoms with van der Waals surface area (Å²) in [4.78, 5) is 20.5. The van der Waals surface area contributed by atoms with Crippen molar-refractivity contribution in [2.75, 3.05) is 46.3 Å². The summed E-state index contributed by atoms with van der Waals surface area (Å²) in [5.41, 5.74) is 0.732. The monoisotopic (exact) mass is 404 g/mol. The molecule has 0 radical (unpaired) electrons. The van der Waals surface area contributed by atoms with Gasteiger partial charge < -0.3 is 14.4 Å². The number of rotatable bonds is 7. The molecule has 0 aliphatic heterocycles. The number of nitrogens with zero attached hydrogens (tertiary/aromatic N) is 2. The molecule has 0 saturated heterocycles. The number of methoxy groups -OCH3 is 2. The molecule has 0 aliphatic carbocycles. The molecule has 1 aromatic heterocycles. The van der Waals surface area contributed by atoms with Crippen LogP contribution in [0.1, 0.15) is 10.4 Å². The van der Waals surface area contributed by atoms with E-state index in [0.717, 1.165) is 6.54 Å². The van der Waals surface area contributed by atoms with E-state index in [1.165, 1.54) is 29.4 Å². The van der Waals surface area contributed by atoms with Crippen LogP contribution in [0.15, 0.2) is 36.4 Å². The summed E-state index contributed by atoms with van der Waals surface area (Å²) in [5.74, 6) is 0.408. The zero-order chi connectivity index (χ0) is 20.3. The maximum Gasteiger partial charge on any atom is 0.260 e. The highest BCUT2D eigenvalue weighted by atomic mass is 32.1. The summed E-state index contributed by atoms with van der Waals surface area (Å²) < 4.78 is 25.4. The Bertz CT molecular complexity index is 990. The normalized spacial score (nSPS) is 11.1. The molecule has 148 valence electrons. The molecular weight excluding hydrogens is 381 g/mol. The summed E-state index contributed by atoms with van der Waals surface area (Å²) in [6.45, 7) is 1.17. The van der Waals surface area contributed by atoms with Crippen LogP contribution in [0.4, 0.5) is 9.52 Å². The number of hydrogen-bond acceptors (Lipinski definition) is 5. The standard InChI is InChI=1S/C20H22FN3O3S/c1-23(2)10-11-24(20-22-18-14(21)6-5-7-17(18)28-20)19(25)13-8-9-15(26-3)16(12-13)27-4/h5-9,12H,10-11H2,1-4H3/p+1. The molecule has 0 atom stereocenters. The Morgan fingerprint density at radius 1 is 1.18 bits per heavy atom. The summed E-state index contributed by atoms with van der Waals surface area (Å²) in [5, 5.41) is 0.473. The van der Waals surface area contributed by atoms with Gasteiger partial charge in [-0.15, -0.1) is 0 Å². The predicted octanol–water partition coefficient (Wildman–Crippen LogP) is 2.24. The second-order valence-corrected chi connectivity index (χ2v) is 7.58. The van der Waals surface area contributed by atoms with Crippen molar-refractivity contribution < 1.29 is 23.6 Å². The number of amides is 1. The van der Waals surface area contributed by atoms with Gasteiger partial charge in [0, 0.05) is 5.56 Å². The minimum atomic E-state index is -0.392. The summed E-state index contributed by atoms with van der Waals surface area (Å²) in [6.07, 6.45) is 0. The Hall–Kier alpha value is -2.71. The fourth-order valence-electron chi connectivity index (χ4n) is 2.76. The molecule has 3 aromatic rings. The van der Waals surface area contributed by atoms with Crippen LogP contribution < -0.4 is 19.3 Å². The molecule has 1 heterocycles. The molecule has 6 nitrogen and oxygen atoms in total. The number of hydrogen-bond donors (Lipinski definition) is 1. The van der Waals surface area contributed by atoms with Gasteiger partial charge in [0.15, 0.2) is 16.6 Å². The lowest BCUT2D eigenvalue weighted by Crippen LogP contribution is -3.06. The number of likely N-dealkylation sites (N-methyl/N-ethyl adjacent to an activating group) is 1. The first-order chi connectivity index (χ1) is 13.4. The van der Waals surface area contributed by atoms with Crippen molar-refractivity contribution in [3.05, 3.63) is 47.8 Å². The Labute approximate surface area is 167 Å². The van der Waals surface area contributed by atoms with Crippen LogP contribution in [-0.4, -0.2) is 52.3 Å². The van der Waals surface area contributed by atoms with E-state index >= 15 is 0 Å². The second-order valence-electron chi connectivity index (χ2n) is 6.57. The highest BCUT2D eigenvalue weighted by molar-refractivity contribution is 7.22. The number of aromatic nitrogens is 1. The Morgan fingerprint density at radius 3 is 2.57 bits per heavy atom. The number of quaternary nitrogens is 1. The van der Waals surface area contributed by atoms with Gasteiger partial charge >= 0.3 is 0 Å². The summed E-state index contributed by atoms with van der Waals surface area (Å²) >= 11 is 1.30. The van der Waals surface area contributed by atoms with Crippen molar-refractivity contribution in [3.8, 4) is 11.5 Å². The fraction of sp³-hybridized carbons (Fsp3) is 0.300. The van der Waals surface area contributed by atoms with Gasteiger partial charge in [-0.25, -0.2) is 9.37 Å². The van der Waals surface area contributed by atoms with Crippen molar-refractivity contribution >= 4 is 32.6 Å². The third-order valence-electron chi connectivity index (χ3n) is 4.30. The van der Waals surface area contributed by atoms with Crippen molar-refractivity contribution in [1.82, 2.24) is 4.98 Å². The van der Waals surface area contributed by atoms with Gasteiger partial charge in [0.2, 0.25) is 0 Å². The van der Waals surface area contributed by atoms with E-state index in [9.17, 15) is 9.18 Å². The number of ether oxygens (including phenoxy) is 2. The minimum Gasteiger partial charge on any atom is -0.493 e. The molecular formula is C20H23FN3O3S+. The summed E-state index contributed by atoms with van der Waals surface area (Å²) in [7, 11) is 7.09. The van der Waals surface area contributed by atoms with E-state index < -0.39 is 5.82 Å². The molecule has 1 N–H and O–H groups in total. The van der Waals surface area contributed by atoms with Crippen molar-refractivity contribution in [3.63, 3.8) is 0 Å². The number of nitrogens with one attached hydrogen (secondary N) is 1. The van der Waals surface area contributed by atoms with Crippen molar-refractivity contribution in [2.24, 2.45) is 0 Å². The van der Waals surface area contributed by atoms with Crippen LogP contribution in [-0.2, 0) is 0 Å². The largest absolute Gasteiger partial charge is 0.493 e. The number of fused-ring (bicyclic) bond motifs is 1. The van der Waals surface area contributed by atoms with E-state index in [4.69, 9.17) is 9.47 Å². The quantitative estimate of drug-likeness (QED) is 0.656. The molecule has 0 bridgehead atoms. The lowest BCUT2D eigenvalue weighted by Gasteiger charge is -2.21. The van der Waals surface area contributed by atoms with Crippen LogP contribution >= 0.6 is 11.3 Å². The SMILES string of the molecule is COc1ccc(C(=O)N(CC[NH+](C)C)c2nc3c(F)cccc3s2)cc1OC. The van der Waals surface area contributed by atoms with Crippen molar-refractivity contribution in [1.29, 1.82) is 0 Å². The molecule has 0 aliphatic rings. The lowest BCUT2D eigenvalue weighted by molar-refractivity contribution is -0.856. The van der Waals surface area contributed by atoms with Crippen LogP contribution in [0, 0.1) is 5.82 Å². The van der Waals surface area contributed by atoms with E-state index in [1.54, 1.807) is 42.3 Å². The third-order valence-corrected chi connectivity index (χ3v) is 5.34. The highest BCUT2D eigenvalue weighted by Crippen LogP contribution is 2.32. The zero-order valence-corrected chi connectivity index (χ0v) is 17.1. The van der Waals surface area contributed by atoms with Crippen LogP contribution in [0.3, 0.4) is 0 Å². The highest BCUT2D eigenvalue weighted by Gasteiger charge is 2.24. The van der Waals surface area contributed by atoms with Gasteiger partial charge in [-0.05, 0) is 30.3 Å². The minimum absolute atomic E-state index is 0.221. The number of para-hydroxylation sites is 1. The average molecular weight is 404 g/mol. The van der Waals surface area contributed by atoms with Crippen LogP contribution in [0.2, 0.25) is 0 Å². The number of anilines is 1. The van der Waals surface area contributed by atoms with Gasteiger partial charge in [0.05, 0.1) is 46.1 Å². The number of carbonyl (C=O) groups is 1. The van der Waals surface area contributed by atoms with Crippen molar-refractivity contribution in [2.45, 2.75) is 0 Å². The first-order valence-electron chi connectivity index (χ1n) is 8.82. The molecule has 3 rings (SSSR count). The van der Waals surface area contributed by atoms with E-state index in [0.29, 0.717) is 33.4 Å². The van der Waals surface area contributed by atoms with Gasteiger partial charge in [0.25, 0.3) is 5.91 Å². The molecule has 1 amide bonds. The number of carbonyl (C=O) groups excluding carboxylic acids is 1. The first kappa shape index (κ1) is 20.0.